The van der Waals surface area contributed by atoms with Crippen LogP contribution in [0.1, 0.15) is 25.1 Å². The minimum atomic E-state index is 0.310. The molecule has 0 amide bonds. The second-order valence-electron chi connectivity index (χ2n) is 5.04. The van der Waals surface area contributed by atoms with E-state index < -0.39 is 0 Å². The minimum Gasteiger partial charge on any atom is -0.383 e. The van der Waals surface area contributed by atoms with Crippen molar-refractivity contribution < 1.29 is 4.74 Å². The van der Waals surface area contributed by atoms with Gasteiger partial charge in [0.05, 0.1) is 10.9 Å². The fraction of sp³-hybridized carbons (Fsp3) is 0.692. The summed E-state index contributed by atoms with van der Waals surface area (Å²) in [6.45, 7) is 7.31. The molecule has 1 rings (SSSR count). The van der Waals surface area contributed by atoms with E-state index in [0.29, 0.717) is 5.41 Å². The Morgan fingerprint density at radius 1 is 1.41 bits per heavy atom. The average Bonchev–Trinajstić information content (AvgIpc) is 2.68. The number of halogens is 1. The first kappa shape index (κ1) is 15.0. The lowest BCUT2D eigenvalue weighted by molar-refractivity contribution is 0.193. The molecule has 0 aliphatic heterocycles. The van der Waals surface area contributed by atoms with Gasteiger partial charge >= 0.3 is 0 Å². The molecule has 0 aromatic carbocycles. The van der Waals surface area contributed by atoms with E-state index in [1.165, 1.54) is 11.3 Å². The Morgan fingerprint density at radius 2 is 2.18 bits per heavy atom. The highest BCUT2D eigenvalue weighted by Crippen LogP contribution is 2.27. The molecule has 1 heterocycles. The second kappa shape index (κ2) is 7.37. The largest absolute Gasteiger partial charge is 0.383 e. The molecule has 4 heteroatoms. The molecular weight excluding hydrogens is 254 g/mol. The molecule has 1 aromatic rings. The van der Waals surface area contributed by atoms with Crippen molar-refractivity contribution in [2.45, 2.75) is 26.7 Å². The molecule has 0 unspecified atom stereocenters. The lowest BCUT2D eigenvalue weighted by Crippen LogP contribution is -2.31. The van der Waals surface area contributed by atoms with E-state index in [1.807, 2.05) is 6.07 Å². The fourth-order valence-electron chi connectivity index (χ4n) is 1.64. The Bertz CT molecular complexity index is 325. The molecule has 2 nitrogen and oxygen atoms in total. The topological polar surface area (TPSA) is 21.3 Å². The summed E-state index contributed by atoms with van der Waals surface area (Å²) in [7, 11) is 1.73. The van der Waals surface area contributed by atoms with Gasteiger partial charge in [-0.25, -0.2) is 0 Å². The van der Waals surface area contributed by atoms with Gasteiger partial charge in [-0.1, -0.05) is 25.4 Å². The summed E-state index contributed by atoms with van der Waals surface area (Å²) in [5.74, 6) is 0. The number of rotatable bonds is 8. The molecule has 1 N–H and O–H groups in total. The Labute approximate surface area is 113 Å². The van der Waals surface area contributed by atoms with Crippen molar-refractivity contribution in [2.24, 2.45) is 5.41 Å². The van der Waals surface area contributed by atoms with Crippen LogP contribution in [-0.2, 0) is 11.2 Å². The SMILES string of the molecule is COCCNCC(C)(C)CCc1ccc(Cl)s1. The van der Waals surface area contributed by atoms with E-state index in [0.717, 1.165) is 30.5 Å². The Kier molecular flexibility index (Phi) is 6.49. The summed E-state index contributed by atoms with van der Waals surface area (Å²) in [6.07, 6.45) is 2.28. The van der Waals surface area contributed by atoms with Gasteiger partial charge in [0.2, 0.25) is 0 Å². The van der Waals surface area contributed by atoms with Crippen LogP contribution in [0.5, 0.6) is 0 Å². The zero-order valence-corrected chi connectivity index (χ0v) is 12.5. The van der Waals surface area contributed by atoms with E-state index >= 15 is 0 Å². The van der Waals surface area contributed by atoms with Crippen LogP contribution in [0.15, 0.2) is 12.1 Å². The van der Waals surface area contributed by atoms with E-state index in [2.05, 4.69) is 25.2 Å². The first-order chi connectivity index (χ1) is 8.03. The number of ether oxygens (including phenoxy) is 1. The van der Waals surface area contributed by atoms with Gasteiger partial charge in [-0.2, -0.15) is 0 Å². The molecule has 0 spiro atoms. The molecule has 0 aliphatic rings. The quantitative estimate of drug-likeness (QED) is 0.732. The van der Waals surface area contributed by atoms with Gasteiger partial charge in [-0.15, -0.1) is 11.3 Å². The summed E-state index contributed by atoms with van der Waals surface area (Å²) in [6, 6.07) is 4.10. The molecule has 0 aliphatic carbocycles. The number of thiophene rings is 1. The number of aryl methyl sites for hydroxylation is 1. The highest BCUT2D eigenvalue weighted by molar-refractivity contribution is 7.16. The third-order valence-corrected chi connectivity index (χ3v) is 4.05. The Hall–Kier alpha value is -0.0900. The van der Waals surface area contributed by atoms with Gasteiger partial charge in [0.1, 0.15) is 0 Å². The molecule has 0 fully saturated rings. The van der Waals surface area contributed by atoms with Crippen LogP contribution in [0, 0.1) is 5.41 Å². The summed E-state index contributed by atoms with van der Waals surface area (Å²) >= 11 is 7.61. The molecule has 0 saturated carbocycles. The zero-order chi connectivity index (χ0) is 12.7. The molecule has 98 valence electrons. The Balaban J connectivity index is 2.24. The molecule has 1 aromatic heterocycles. The summed E-state index contributed by atoms with van der Waals surface area (Å²) < 4.78 is 5.90. The van der Waals surface area contributed by atoms with Crippen LogP contribution in [0.3, 0.4) is 0 Å². The number of hydrogen-bond acceptors (Lipinski definition) is 3. The predicted octanol–water partition coefficient (Wildman–Crippen LogP) is 3.60. The first-order valence-corrected chi connectivity index (χ1v) is 7.17. The van der Waals surface area contributed by atoms with E-state index in [4.69, 9.17) is 16.3 Å². The van der Waals surface area contributed by atoms with Crippen LogP contribution in [0.2, 0.25) is 4.34 Å². The van der Waals surface area contributed by atoms with Gasteiger partial charge in [-0.05, 0) is 30.4 Å². The third kappa shape index (κ3) is 6.41. The maximum absolute atomic E-state index is 5.92. The average molecular weight is 276 g/mol. The van der Waals surface area contributed by atoms with E-state index in [9.17, 15) is 0 Å². The lowest BCUT2D eigenvalue weighted by Gasteiger charge is -2.24. The van der Waals surface area contributed by atoms with Crippen LogP contribution in [0.4, 0.5) is 0 Å². The summed E-state index contributed by atoms with van der Waals surface area (Å²) in [4.78, 5) is 1.37. The molecule has 0 radical (unpaired) electrons. The second-order valence-corrected chi connectivity index (χ2v) is 6.84. The standard InChI is InChI=1S/C13H22ClNOS/c1-13(2,10-15-8-9-16-3)7-6-11-4-5-12(14)17-11/h4-5,15H,6-10H2,1-3H3. The van der Waals surface area contributed by atoms with Gasteiger partial charge in [0, 0.05) is 25.1 Å². The van der Waals surface area contributed by atoms with Crippen LogP contribution in [0.25, 0.3) is 0 Å². The Morgan fingerprint density at radius 3 is 2.76 bits per heavy atom. The predicted molar refractivity (Wildman–Crippen MR) is 76.2 cm³/mol. The van der Waals surface area contributed by atoms with Crippen LogP contribution in [-0.4, -0.2) is 26.8 Å². The number of nitrogens with one attached hydrogen (secondary N) is 1. The van der Waals surface area contributed by atoms with Gasteiger partial charge in [0.15, 0.2) is 0 Å². The third-order valence-electron chi connectivity index (χ3n) is 2.76. The smallest absolute Gasteiger partial charge is 0.0931 e. The maximum Gasteiger partial charge on any atom is 0.0931 e. The van der Waals surface area contributed by atoms with Crippen molar-refractivity contribution in [2.75, 3.05) is 26.8 Å². The molecular formula is C13H22ClNOS. The highest BCUT2D eigenvalue weighted by Gasteiger charge is 2.17. The zero-order valence-electron chi connectivity index (χ0n) is 10.9. The van der Waals surface area contributed by atoms with Crippen molar-refractivity contribution in [1.29, 1.82) is 0 Å². The molecule has 0 bridgehead atoms. The number of methoxy groups -OCH3 is 1. The molecule has 17 heavy (non-hydrogen) atoms. The molecule has 0 atom stereocenters. The van der Waals surface area contributed by atoms with Crippen molar-refractivity contribution in [3.8, 4) is 0 Å². The van der Waals surface area contributed by atoms with Crippen molar-refractivity contribution in [3.63, 3.8) is 0 Å². The van der Waals surface area contributed by atoms with Crippen molar-refractivity contribution in [1.82, 2.24) is 5.32 Å². The van der Waals surface area contributed by atoms with Crippen LogP contribution >= 0.6 is 22.9 Å². The first-order valence-electron chi connectivity index (χ1n) is 5.97. The van der Waals surface area contributed by atoms with E-state index in [-0.39, 0.29) is 0 Å². The van der Waals surface area contributed by atoms with Gasteiger partial charge in [-0.3, -0.25) is 0 Å². The maximum atomic E-state index is 5.92. The van der Waals surface area contributed by atoms with Gasteiger partial charge < -0.3 is 10.1 Å². The van der Waals surface area contributed by atoms with Crippen LogP contribution < -0.4 is 5.32 Å². The van der Waals surface area contributed by atoms with Crippen molar-refractivity contribution >= 4 is 22.9 Å². The normalized spacial score (nSPS) is 12.0. The van der Waals surface area contributed by atoms with E-state index in [1.54, 1.807) is 18.4 Å². The van der Waals surface area contributed by atoms with Crippen molar-refractivity contribution in [3.05, 3.63) is 21.3 Å². The monoisotopic (exact) mass is 275 g/mol. The minimum absolute atomic E-state index is 0.310. The fourth-order valence-corrected chi connectivity index (χ4v) is 2.72. The number of hydrogen-bond donors (Lipinski definition) is 1. The summed E-state index contributed by atoms with van der Waals surface area (Å²) in [5.41, 5.74) is 0.310. The van der Waals surface area contributed by atoms with Gasteiger partial charge in [0.25, 0.3) is 0 Å². The summed E-state index contributed by atoms with van der Waals surface area (Å²) in [5, 5.41) is 3.42. The lowest BCUT2D eigenvalue weighted by atomic mass is 9.87. The highest BCUT2D eigenvalue weighted by atomic mass is 35.5. The molecule has 0 saturated heterocycles.